The SMILES string of the molecule is COc1ccc(N(C(=O)COc2ccccc2)S(=O)(=O)c2ccc(C)cc2)cc1Cl. The van der Waals surface area contributed by atoms with Gasteiger partial charge < -0.3 is 9.47 Å². The monoisotopic (exact) mass is 445 g/mol. The summed E-state index contributed by atoms with van der Waals surface area (Å²) in [6.07, 6.45) is 0. The molecule has 0 saturated carbocycles. The number of nitrogens with zero attached hydrogens (tertiary/aromatic N) is 1. The Balaban J connectivity index is 2.00. The van der Waals surface area contributed by atoms with Gasteiger partial charge in [-0.25, -0.2) is 8.42 Å². The maximum absolute atomic E-state index is 13.3. The maximum atomic E-state index is 13.3. The lowest BCUT2D eigenvalue weighted by atomic mass is 10.2. The van der Waals surface area contributed by atoms with Gasteiger partial charge in [0.25, 0.3) is 15.9 Å². The van der Waals surface area contributed by atoms with E-state index in [0.717, 1.165) is 5.56 Å². The summed E-state index contributed by atoms with van der Waals surface area (Å²) in [4.78, 5) is 13.0. The van der Waals surface area contributed by atoms with Gasteiger partial charge in [-0.3, -0.25) is 4.79 Å². The summed E-state index contributed by atoms with van der Waals surface area (Å²) in [5.74, 6) is 0.0491. The molecule has 0 spiro atoms. The third kappa shape index (κ3) is 4.75. The van der Waals surface area contributed by atoms with Crippen molar-refractivity contribution in [2.45, 2.75) is 11.8 Å². The van der Waals surface area contributed by atoms with Crippen LogP contribution < -0.4 is 13.8 Å². The fraction of sp³-hybridized carbons (Fsp3) is 0.136. The second-order valence-corrected chi connectivity index (χ2v) is 8.59. The van der Waals surface area contributed by atoms with Crippen LogP contribution in [-0.4, -0.2) is 28.0 Å². The van der Waals surface area contributed by atoms with Crippen molar-refractivity contribution >= 4 is 33.2 Å². The lowest BCUT2D eigenvalue weighted by molar-refractivity contribution is -0.119. The number of ether oxygens (including phenoxy) is 2. The Bertz CT molecular complexity index is 1130. The van der Waals surface area contributed by atoms with Crippen LogP contribution in [0.25, 0.3) is 0 Å². The number of benzene rings is 3. The number of halogens is 1. The third-order valence-electron chi connectivity index (χ3n) is 4.26. The standard InChI is InChI=1S/C22H20ClNO5S/c1-16-8-11-19(12-9-16)30(26,27)24(17-10-13-21(28-2)20(23)14-17)22(25)15-29-18-6-4-3-5-7-18/h3-14H,15H2,1-2H3. The number of anilines is 1. The van der Waals surface area contributed by atoms with Gasteiger partial charge in [0.15, 0.2) is 6.61 Å². The predicted molar refractivity (Wildman–Crippen MR) is 116 cm³/mol. The number of hydrogen-bond acceptors (Lipinski definition) is 5. The van der Waals surface area contributed by atoms with E-state index in [0.29, 0.717) is 15.8 Å². The van der Waals surface area contributed by atoms with E-state index in [2.05, 4.69) is 0 Å². The summed E-state index contributed by atoms with van der Waals surface area (Å²) in [6, 6.07) is 19.2. The number of hydrogen-bond donors (Lipinski definition) is 0. The summed E-state index contributed by atoms with van der Waals surface area (Å²) in [5, 5.41) is 0.177. The fourth-order valence-electron chi connectivity index (χ4n) is 2.73. The molecule has 30 heavy (non-hydrogen) atoms. The predicted octanol–water partition coefficient (Wildman–Crippen LogP) is 4.46. The van der Waals surface area contributed by atoms with Crippen LogP contribution in [0.15, 0.2) is 77.7 Å². The highest BCUT2D eigenvalue weighted by Crippen LogP contribution is 2.32. The fourth-order valence-corrected chi connectivity index (χ4v) is 4.39. The topological polar surface area (TPSA) is 72.9 Å². The summed E-state index contributed by atoms with van der Waals surface area (Å²) >= 11 is 6.18. The van der Waals surface area contributed by atoms with Gasteiger partial charge in [0.05, 0.1) is 22.7 Å². The molecule has 0 aliphatic heterocycles. The average molecular weight is 446 g/mol. The van der Waals surface area contributed by atoms with Gasteiger partial charge in [0.1, 0.15) is 11.5 Å². The second kappa shape index (κ2) is 9.19. The van der Waals surface area contributed by atoms with Crippen LogP contribution in [0.2, 0.25) is 5.02 Å². The van der Waals surface area contributed by atoms with Gasteiger partial charge in [-0.15, -0.1) is 0 Å². The van der Waals surface area contributed by atoms with Gasteiger partial charge in [-0.05, 0) is 49.4 Å². The molecule has 0 aliphatic carbocycles. The zero-order valence-electron chi connectivity index (χ0n) is 16.4. The quantitative estimate of drug-likeness (QED) is 0.537. The molecule has 0 N–H and O–H groups in total. The van der Waals surface area contributed by atoms with E-state index in [1.54, 1.807) is 36.4 Å². The van der Waals surface area contributed by atoms with Crippen LogP contribution in [0.5, 0.6) is 11.5 Å². The molecule has 0 radical (unpaired) electrons. The van der Waals surface area contributed by atoms with Crippen molar-refractivity contribution in [2.24, 2.45) is 0 Å². The van der Waals surface area contributed by atoms with Crippen LogP contribution in [0, 0.1) is 6.92 Å². The minimum atomic E-state index is -4.21. The number of para-hydroxylation sites is 1. The van der Waals surface area contributed by atoms with E-state index >= 15 is 0 Å². The van der Waals surface area contributed by atoms with Crippen molar-refractivity contribution in [2.75, 3.05) is 18.0 Å². The molecule has 0 bridgehead atoms. The number of amides is 1. The molecule has 156 valence electrons. The van der Waals surface area contributed by atoms with Crippen LogP contribution in [0.1, 0.15) is 5.56 Å². The van der Waals surface area contributed by atoms with E-state index in [4.69, 9.17) is 21.1 Å². The first-order valence-electron chi connectivity index (χ1n) is 8.99. The highest BCUT2D eigenvalue weighted by atomic mass is 35.5. The van der Waals surface area contributed by atoms with Crippen LogP contribution >= 0.6 is 11.6 Å². The highest BCUT2D eigenvalue weighted by molar-refractivity contribution is 7.93. The Labute approximate surface area is 180 Å². The van der Waals surface area contributed by atoms with Gasteiger partial charge in [0.2, 0.25) is 0 Å². The van der Waals surface area contributed by atoms with Crippen LogP contribution in [-0.2, 0) is 14.8 Å². The van der Waals surface area contributed by atoms with Gasteiger partial charge in [0, 0.05) is 0 Å². The van der Waals surface area contributed by atoms with E-state index in [9.17, 15) is 13.2 Å². The Morgan fingerprint density at radius 1 is 1.00 bits per heavy atom. The first-order valence-corrected chi connectivity index (χ1v) is 10.8. The van der Waals surface area contributed by atoms with E-state index in [1.807, 2.05) is 13.0 Å². The van der Waals surface area contributed by atoms with Gasteiger partial charge >= 0.3 is 0 Å². The molecule has 0 saturated heterocycles. The molecule has 3 aromatic rings. The Morgan fingerprint density at radius 3 is 2.27 bits per heavy atom. The molecular weight excluding hydrogens is 426 g/mol. The van der Waals surface area contributed by atoms with Crippen molar-refractivity contribution in [3.05, 3.63) is 83.4 Å². The molecule has 0 atom stereocenters. The molecule has 0 heterocycles. The van der Waals surface area contributed by atoms with Crippen molar-refractivity contribution in [3.8, 4) is 11.5 Å². The lowest BCUT2D eigenvalue weighted by Crippen LogP contribution is -2.40. The summed E-state index contributed by atoms with van der Waals surface area (Å²) in [5.41, 5.74) is 0.981. The number of carbonyl (C=O) groups is 1. The van der Waals surface area contributed by atoms with Crippen molar-refractivity contribution in [1.29, 1.82) is 0 Å². The Morgan fingerprint density at radius 2 is 1.67 bits per heavy atom. The third-order valence-corrected chi connectivity index (χ3v) is 6.32. The second-order valence-electron chi connectivity index (χ2n) is 6.40. The molecule has 0 aromatic heterocycles. The molecule has 3 aromatic carbocycles. The van der Waals surface area contributed by atoms with E-state index < -0.39 is 22.5 Å². The average Bonchev–Trinajstić information content (AvgIpc) is 2.73. The molecule has 1 amide bonds. The molecule has 8 heteroatoms. The molecule has 6 nitrogen and oxygen atoms in total. The number of aryl methyl sites for hydroxylation is 1. The minimum Gasteiger partial charge on any atom is -0.495 e. The van der Waals surface area contributed by atoms with Gasteiger partial charge in [-0.2, -0.15) is 4.31 Å². The molecular formula is C22H20ClNO5S. The van der Waals surface area contributed by atoms with Crippen LogP contribution in [0.4, 0.5) is 5.69 Å². The summed E-state index contributed by atoms with van der Waals surface area (Å²) < 4.78 is 38.0. The maximum Gasteiger partial charge on any atom is 0.278 e. The van der Waals surface area contributed by atoms with E-state index in [-0.39, 0.29) is 15.6 Å². The largest absolute Gasteiger partial charge is 0.495 e. The van der Waals surface area contributed by atoms with Crippen molar-refractivity contribution in [3.63, 3.8) is 0 Å². The van der Waals surface area contributed by atoms with Gasteiger partial charge in [-0.1, -0.05) is 47.5 Å². The zero-order chi connectivity index (χ0) is 21.7. The Hall–Kier alpha value is -3.03. The van der Waals surface area contributed by atoms with Crippen LogP contribution in [0.3, 0.4) is 0 Å². The number of sulfonamides is 1. The zero-order valence-corrected chi connectivity index (χ0v) is 18.0. The van der Waals surface area contributed by atoms with Crippen molar-refractivity contribution in [1.82, 2.24) is 0 Å². The summed E-state index contributed by atoms with van der Waals surface area (Å²) in [6.45, 7) is 1.37. The lowest BCUT2D eigenvalue weighted by Gasteiger charge is -2.23. The first kappa shape index (κ1) is 21.7. The summed E-state index contributed by atoms with van der Waals surface area (Å²) in [7, 11) is -2.76. The van der Waals surface area contributed by atoms with E-state index in [1.165, 1.54) is 37.4 Å². The molecule has 0 unspecified atom stereocenters. The molecule has 0 aliphatic rings. The number of methoxy groups -OCH3 is 1. The highest BCUT2D eigenvalue weighted by Gasteiger charge is 2.32. The Kier molecular flexibility index (Phi) is 6.64. The molecule has 3 rings (SSSR count). The smallest absolute Gasteiger partial charge is 0.278 e. The number of rotatable bonds is 7. The number of carbonyl (C=O) groups excluding carboxylic acids is 1. The van der Waals surface area contributed by atoms with Crippen molar-refractivity contribution < 1.29 is 22.7 Å². The molecule has 0 fully saturated rings. The normalized spacial score (nSPS) is 11.0. The first-order chi connectivity index (χ1) is 14.3. The minimum absolute atomic E-state index is 0.0203.